The van der Waals surface area contributed by atoms with E-state index in [1.54, 1.807) is 4.90 Å². The maximum Gasteiger partial charge on any atom is 0.260 e. The average Bonchev–Trinajstić information content (AvgIpc) is 3.26. The van der Waals surface area contributed by atoms with Gasteiger partial charge in [-0.1, -0.05) is 18.2 Å². The first-order chi connectivity index (χ1) is 9.87. The molecule has 1 aliphatic carbocycles. The minimum absolute atomic E-state index is 0.0507. The molecule has 4 nitrogen and oxygen atoms in total. The van der Waals surface area contributed by atoms with Crippen molar-refractivity contribution in [3.8, 4) is 5.75 Å². The largest absolute Gasteiger partial charge is 0.483 e. The summed E-state index contributed by atoms with van der Waals surface area (Å²) in [6.45, 7) is 7.23. The maximum atomic E-state index is 12.0. The smallest absolute Gasteiger partial charge is 0.260 e. The van der Waals surface area contributed by atoms with E-state index in [2.05, 4.69) is 26.1 Å². The fraction of sp³-hybridized carbons (Fsp3) is 0.588. The highest BCUT2D eigenvalue weighted by atomic mass is 16.5. The standard InChI is InChI=1S/C17H26N2O2/c1-17(2,3)18-11-13-7-5-6-8-15(13)21-12-16(20)19(4)14-9-10-14/h5-8,14,18H,9-12H2,1-4H3. The van der Waals surface area contributed by atoms with Crippen LogP contribution in [0.4, 0.5) is 0 Å². The van der Waals surface area contributed by atoms with E-state index in [0.717, 1.165) is 30.7 Å². The number of hydrogen-bond acceptors (Lipinski definition) is 3. The van der Waals surface area contributed by atoms with Crippen LogP contribution in [0.15, 0.2) is 24.3 Å². The summed E-state index contributed by atoms with van der Waals surface area (Å²) >= 11 is 0. The van der Waals surface area contributed by atoms with E-state index in [1.165, 1.54) is 0 Å². The highest BCUT2D eigenvalue weighted by molar-refractivity contribution is 5.78. The second-order valence-electron chi connectivity index (χ2n) is 6.74. The van der Waals surface area contributed by atoms with Crippen LogP contribution in [0.2, 0.25) is 0 Å². The molecule has 0 unspecified atom stereocenters. The number of ether oxygens (including phenoxy) is 1. The Labute approximate surface area is 127 Å². The summed E-state index contributed by atoms with van der Waals surface area (Å²) in [6.07, 6.45) is 2.24. The molecule has 0 bridgehead atoms. The lowest BCUT2D eigenvalue weighted by Gasteiger charge is -2.22. The Balaban J connectivity index is 1.91. The van der Waals surface area contributed by atoms with Crippen molar-refractivity contribution in [3.63, 3.8) is 0 Å². The van der Waals surface area contributed by atoms with Gasteiger partial charge in [-0.3, -0.25) is 4.79 Å². The van der Waals surface area contributed by atoms with Gasteiger partial charge in [-0.15, -0.1) is 0 Å². The second kappa shape index (κ2) is 6.48. The molecule has 2 rings (SSSR count). The lowest BCUT2D eigenvalue weighted by Crippen LogP contribution is -2.35. The van der Waals surface area contributed by atoms with Gasteiger partial charge in [0.1, 0.15) is 5.75 Å². The Morgan fingerprint density at radius 1 is 1.33 bits per heavy atom. The first-order valence-electron chi connectivity index (χ1n) is 7.58. The Hall–Kier alpha value is -1.55. The summed E-state index contributed by atoms with van der Waals surface area (Å²) in [4.78, 5) is 13.8. The molecule has 1 N–H and O–H groups in total. The predicted octanol–water partition coefficient (Wildman–Crippen LogP) is 2.57. The molecule has 1 aromatic rings. The van der Waals surface area contributed by atoms with Gasteiger partial charge in [-0.05, 0) is 39.7 Å². The van der Waals surface area contributed by atoms with Gasteiger partial charge in [0.05, 0.1) is 0 Å². The molecule has 0 aliphatic heterocycles. The van der Waals surface area contributed by atoms with E-state index in [1.807, 2.05) is 31.3 Å². The van der Waals surface area contributed by atoms with Crippen LogP contribution in [0.1, 0.15) is 39.2 Å². The number of carbonyl (C=O) groups excluding carboxylic acids is 1. The summed E-state index contributed by atoms with van der Waals surface area (Å²) in [7, 11) is 1.86. The van der Waals surface area contributed by atoms with Crippen molar-refractivity contribution in [2.24, 2.45) is 0 Å². The van der Waals surface area contributed by atoms with Crippen LogP contribution in [0, 0.1) is 0 Å². The molecule has 0 radical (unpaired) electrons. The Morgan fingerprint density at radius 2 is 2.00 bits per heavy atom. The first kappa shape index (κ1) is 15.8. The number of likely N-dealkylation sites (N-methyl/N-ethyl adjacent to an activating group) is 1. The van der Waals surface area contributed by atoms with E-state index in [-0.39, 0.29) is 18.1 Å². The normalized spacial score (nSPS) is 14.9. The molecular weight excluding hydrogens is 264 g/mol. The highest BCUT2D eigenvalue weighted by Gasteiger charge is 2.29. The van der Waals surface area contributed by atoms with Gasteiger partial charge in [0, 0.05) is 30.7 Å². The van der Waals surface area contributed by atoms with Crippen molar-refractivity contribution in [2.75, 3.05) is 13.7 Å². The molecule has 21 heavy (non-hydrogen) atoms. The third-order valence-corrected chi connectivity index (χ3v) is 3.62. The number of amides is 1. The fourth-order valence-electron chi connectivity index (χ4n) is 2.06. The van der Waals surface area contributed by atoms with Gasteiger partial charge in [0.25, 0.3) is 5.91 Å². The molecule has 1 aliphatic rings. The number of nitrogens with one attached hydrogen (secondary N) is 1. The molecule has 1 saturated carbocycles. The first-order valence-corrected chi connectivity index (χ1v) is 7.58. The Bertz CT molecular complexity index is 490. The molecule has 0 spiro atoms. The van der Waals surface area contributed by atoms with E-state index < -0.39 is 0 Å². The van der Waals surface area contributed by atoms with Gasteiger partial charge < -0.3 is 15.0 Å². The summed E-state index contributed by atoms with van der Waals surface area (Å²) in [5.41, 5.74) is 1.13. The summed E-state index contributed by atoms with van der Waals surface area (Å²) < 4.78 is 5.73. The molecule has 1 fully saturated rings. The highest BCUT2D eigenvalue weighted by Crippen LogP contribution is 2.25. The van der Waals surface area contributed by atoms with E-state index in [0.29, 0.717) is 6.04 Å². The van der Waals surface area contributed by atoms with E-state index in [9.17, 15) is 4.79 Å². The molecular formula is C17H26N2O2. The zero-order valence-corrected chi connectivity index (χ0v) is 13.5. The summed E-state index contributed by atoms with van der Waals surface area (Å²) in [5, 5.41) is 3.44. The number of para-hydroxylation sites is 1. The van der Waals surface area contributed by atoms with Crippen LogP contribution >= 0.6 is 0 Å². The average molecular weight is 290 g/mol. The number of rotatable bonds is 6. The van der Waals surface area contributed by atoms with E-state index >= 15 is 0 Å². The minimum Gasteiger partial charge on any atom is -0.483 e. The number of hydrogen-bond donors (Lipinski definition) is 1. The lowest BCUT2D eigenvalue weighted by atomic mass is 10.1. The Kier molecular flexibility index (Phi) is 4.88. The fourth-order valence-corrected chi connectivity index (χ4v) is 2.06. The van der Waals surface area contributed by atoms with Crippen LogP contribution in [-0.2, 0) is 11.3 Å². The second-order valence-corrected chi connectivity index (χ2v) is 6.74. The number of benzene rings is 1. The number of nitrogens with zero attached hydrogens (tertiary/aromatic N) is 1. The molecule has 0 heterocycles. The van der Waals surface area contributed by atoms with Crippen LogP contribution < -0.4 is 10.1 Å². The van der Waals surface area contributed by atoms with Crippen molar-refractivity contribution in [1.29, 1.82) is 0 Å². The Morgan fingerprint density at radius 3 is 2.62 bits per heavy atom. The van der Waals surface area contributed by atoms with Gasteiger partial charge in [0.15, 0.2) is 6.61 Å². The third kappa shape index (κ3) is 5.05. The van der Waals surface area contributed by atoms with Gasteiger partial charge in [-0.25, -0.2) is 0 Å². The molecule has 1 amide bonds. The topological polar surface area (TPSA) is 41.6 Å². The molecule has 0 aromatic heterocycles. The van der Waals surface area contributed by atoms with Crippen molar-refractivity contribution in [2.45, 2.75) is 51.7 Å². The third-order valence-electron chi connectivity index (χ3n) is 3.62. The quantitative estimate of drug-likeness (QED) is 0.875. The zero-order valence-electron chi connectivity index (χ0n) is 13.5. The van der Waals surface area contributed by atoms with Crippen molar-refractivity contribution < 1.29 is 9.53 Å². The molecule has 4 heteroatoms. The van der Waals surface area contributed by atoms with E-state index in [4.69, 9.17) is 4.74 Å². The molecule has 116 valence electrons. The summed E-state index contributed by atoms with van der Waals surface area (Å²) in [6, 6.07) is 8.31. The van der Waals surface area contributed by atoms with Crippen molar-refractivity contribution in [3.05, 3.63) is 29.8 Å². The van der Waals surface area contributed by atoms with Crippen molar-refractivity contribution in [1.82, 2.24) is 10.2 Å². The molecule has 1 aromatic carbocycles. The van der Waals surface area contributed by atoms with Crippen LogP contribution in [0.5, 0.6) is 5.75 Å². The van der Waals surface area contributed by atoms with Crippen LogP contribution in [0.3, 0.4) is 0 Å². The van der Waals surface area contributed by atoms with Crippen LogP contribution in [-0.4, -0.2) is 36.0 Å². The number of carbonyl (C=O) groups is 1. The minimum atomic E-state index is 0.0507. The zero-order chi connectivity index (χ0) is 15.5. The molecule has 0 atom stereocenters. The SMILES string of the molecule is CN(C(=O)COc1ccccc1CNC(C)(C)C)C1CC1. The molecule has 0 saturated heterocycles. The lowest BCUT2D eigenvalue weighted by molar-refractivity contribution is -0.132. The monoisotopic (exact) mass is 290 g/mol. The predicted molar refractivity (Wildman–Crippen MR) is 84.3 cm³/mol. The summed E-state index contributed by atoms with van der Waals surface area (Å²) in [5.74, 6) is 0.836. The van der Waals surface area contributed by atoms with Gasteiger partial charge in [0.2, 0.25) is 0 Å². The van der Waals surface area contributed by atoms with Gasteiger partial charge in [-0.2, -0.15) is 0 Å². The van der Waals surface area contributed by atoms with Crippen LogP contribution in [0.25, 0.3) is 0 Å². The van der Waals surface area contributed by atoms with Gasteiger partial charge >= 0.3 is 0 Å². The van der Waals surface area contributed by atoms with Crippen molar-refractivity contribution >= 4 is 5.91 Å². The maximum absolute atomic E-state index is 12.0.